The topological polar surface area (TPSA) is 49.4 Å². The number of thioether (sulfide) groups is 1. The predicted octanol–water partition coefficient (Wildman–Crippen LogP) is 5.32. The van der Waals surface area contributed by atoms with Gasteiger partial charge in [0.1, 0.15) is 6.04 Å². The predicted molar refractivity (Wildman–Crippen MR) is 129 cm³/mol. The highest BCUT2D eigenvalue weighted by atomic mass is 79.9. The van der Waals surface area contributed by atoms with Crippen molar-refractivity contribution in [1.82, 2.24) is 10.2 Å². The summed E-state index contributed by atoms with van der Waals surface area (Å²) in [5.41, 5.74) is 3.36. The first-order valence-electron chi connectivity index (χ1n) is 10.4. The maximum Gasteiger partial charge on any atom is 0.242 e. The summed E-state index contributed by atoms with van der Waals surface area (Å²) in [6, 6.07) is 15.6. The molecule has 30 heavy (non-hydrogen) atoms. The largest absolute Gasteiger partial charge is 0.354 e. The number of rotatable bonds is 11. The van der Waals surface area contributed by atoms with Crippen molar-refractivity contribution in [3.05, 3.63) is 69.7 Å². The smallest absolute Gasteiger partial charge is 0.242 e. The van der Waals surface area contributed by atoms with E-state index in [9.17, 15) is 9.59 Å². The van der Waals surface area contributed by atoms with Gasteiger partial charge >= 0.3 is 0 Å². The van der Waals surface area contributed by atoms with Crippen LogP contribution in [0.1, 0.15) is 43.4 Å². The molecule has 2 rings (SSSR count). The van der Waals surface area contributed by atoms with Gasteiger partial charge in [-0.05, 0) is 49.1 Å². The lowest BCUT2D eigenvalue weighted by molar-refractivity contribution is -0.138. The van der Waals surface area contributed by atoms with E-state index in [0.29, 0.717) is 18.8 Å². The minimum absolute atomic E-state index is 0.0153. The Balaban J connectivity index is 2.04. The maximum atomic E-state index is 13.1. The monoisotopic (exact) mass is 490 g/mol. The number of benzene rings is 2. The second-order valence-corrected chi connectivity index (χ2v) is 9.29. The summed E-state index contributed by atoms with van der Waals surface area (Å²) in [6.07, 6.45) is 1.96. The molecule has 0 unspecified atom stereocenters. The van der Waals surface area contributed by atoms with Crippen LogP contribution in [0.5, 0.6) is 0 Å². The van der Waals surface area contributed by atoms with Gasteiger partial charge in [-0.15, -0.1) is 11.8 Å². The summed E-state index contributed by atoms with van der Waals surface area (Å²) in [7, 11) is 0. The Morgan fingerprint density at radius 2 is 1.83 bits per heavy atom. The zero-order valence-electron chi connectivity index (χ0n) is 18.0. The molecule has 2 aromatic rings. The van der Waals surface area contributed by atoms with Crippen LogP contribution in [0, 0.1) is 6.92 Å². The first kappa shape index (κ1) is 24.5. The van der Waals surface area contributed by atoms with Crippen LogP contribution in [0.3, 0.4) is 0 Å². The van der Waals surface area contributed by atoms with Gasteiger partial charge < -0.3 is 10.2 Å². The van der Waals surface area contributed by atoms with E-state index in [2.05, 4.69) is 40.3 Å². The van der Waals surface area contributed by atoms with E-state index in [0.717, 1.165) is 34.2 Å². The van der Waals surface area contributed by atoms with Crippen molar-refractivity contribution in [2.24, 2.45) is 0 Å². The molecule has 0 heterocycles. The number of hydrogen-bond donors (Lipinski definition) is 1. The molecule has 2 aromatic carbocycles. The Hall–Kier alpha value is -1.79. The number of nitrogens with one attached hydrogen (secondary N) is 1. The summed E-state index contributed by atoms with van der Waals surface area (Å²) in [4.78, 5) is 27.5. The van der Waals surface area contributed by atoms with Crippen LogP contribution >= 0.6 is 27.7 Å². The summed E-state index contributed by atoms with van der Waals surface area (Å²) < 4.78 is 1.04. The van der Waals surface area contributed by atoms with Gasteiger partial charge in [-0.25, -0.2) is 0 Å². The molecule has 0 aliphatic heterocycles. The van der Waals surface area contributed by atoms with Crippen LogP contribution in [0.25, 0.3) is 0 Å². The van der Waals surface area contributed by atoms with Crippen molar-refractivity contribution in [2.45, 2.75) is 52.0 Å². The molecule has 0 spiro atoms. The van der Waals surface area contributed by atoms with Crippen LogP contribution < -0.4 is 5.32 Å². The molecule has 4 nitrogen and oxygen atoms in total. The molecule has 0 aliphatic rings. The van der Waals surface area contributed by atoms with Gasteiger partial charge in [-0.1, -0.05) is 65.7 Å². The zero-order chi connectivity index (χ0) is 21.9. The molecule has 162 valence electrons. The van der Waals surface area contributed by atoms with Gasteiger partial charge in [0.2, 0.25) is 11.8 Å². The van der Waals surface area contributed by atoms with E-state index in [1.54, 1.807) is 16.7 Å². The molecular weight excluding hydrogens is 460 g/mol. The third-order valence-corrected chi connectivity index (χ3v) is 6.52. The quantitative estimate of drug-likeness (QED) is 0.433. The third-order valence-electron chi connectivity index (χ3n) is 5.01. The molecule has 0 radical (unpaired) electrons. The van der Waals surface area contributed by atoms with Gasteiger partial charge in [0.25, 0.3) is 0 Å². The SMILES string of the molecule is CCCCNC(=O)[C@H](C)N(Cc1ccccc1C)C(=O)CSCc1ccc(Br)cc1. The number of aryl methyl sites for hydroxylation is 1. The van der Waals surface area contributed by atoms with Crippen molar-refractivity contribution in [1.29, 1.82) is 0 Å². The Bertz CT molecular complexity index is 826. The van der Waals surface area contributed by atoms with Crippen LogP contribution in [0.15, 0.2) is 53.0 Å². The molecule has 0 aromatic heterocycles. The Morgan fingerprint density at radius 3 is 2.50 bits per heavy atom. The Morgan fingerprint density at radius 1 is 1.13 bits per heavy atom. The van der Waals surface area contributed by atoms with Gasteiger partial charge in [0, 0.05) is 23.3 Å². The molecule has 0 fully saturated rings. The number of carbonyl (C=O) groups is 2. The minimum atomic E-state index is -0.512. The molecule has 0 aliphatic carbocycles. The first-order valence-corrected chi connectivity index (χ1v) is 12.3. The second kappa shape index (κ2) is 12.8. The molecule has 0 saturated carbocycles. The lowest BCUT2D eigenvalue weighted by Crippen LogP contribution is -2.48. The van der Waals surface area contributed by atoms with E-state index >= 15 is 0 Å². The van der Waals surface area contributed by atoms with E-state index < -0.39 is 6.04 Å². The van der Waals surface area contributed by atoms with Crippen molar-refractivity contribution < 1.29 is 9.59 Å². The van der Waals surface area contributed by atoms with E-state index in [1.165, 1.54) is 5.56 Å². The van der Waals surface area contributed by atoms with Gasteiger partial charge in [-0.2, -0.15) is 0 Å². The number of hydrogen-bond acceptors (Lipinski definition) is 3. The van der Waals surface area contributed by atoms with Gasteiger partial charge in [0.15, 0.2) is 0 Å². The first-order chi connectivity index (χ1) is 14.4. The van der Waals surface area contributed by atoms with Gasteiger partial charge in [0.05, 0.1) is 5.75 Å². The molecule has 2 amide bonds. The minimum Gasteiger partial charge on any atom is -0.354 e. The van der Waals surface area contributed by atoms with Crippen LogP contribution in [-0.2, 0) is 21.9 Å². The molecule has 1 N–H and O–H groups in total. The Labute approximate surface area is 192 Å². The summed E-state index contributed by atoms with van der Waals surface area (Å²) in [6.45, 7) is 7.02. The number of nitrogens with zero attached hydrogens (tertiary/aromatic N) is 1. The maximum absolute atomic E-state index is 13.1. The van der Waals surface area contributed by atoms with Crippen molar-refractivity contribution >= 4 is 39.5 Å². The highest BCUT2D eigenvalue weighted by Gasteiger charge is 2.26. The highest BCUT2D eigenvalue weighted by molar-refractivity contribution is 9.10. The van der Waals surface area contributed by atoms with E-state index in [4.69, 9.17) is 0 Å². The fraction of sp³-hybridized carbons (Fsp3) is 0.417. The standard InChI is InChI=1S/C24H31BrN2O2S/c1-4-5-14-26-24(29)19(3)27(15-21-9-7-6-8-18(21)2)23(28)17-30-16-20-10-12-22(25)13-11-20/h6-13,19H,4-5,14-17H2,1-3H3,(H,26,29)/t19-/m0/s1. The lowest BCUT2D eigenvalue weighted by atomic mass is 10.1. The molecular formula is C24H31BrN2O2S. The lowest BCUT2D eigenvalue weighted by Gasteiger charge is -2.29. The van der Waals surface area contributed by atoms with Crippen LogP contribution in [0.4, 0.5) is 0 Å². The van der Waals surface area contributed by atoms with E-state index in [1.807, 2.05) is 50.2 Å². The summed E-state index contributed by atoms with van der Waals surface area (Å²) >= 11 is 5.02. The second-order valence-electron chi connectivity index (χ2n) is 7.39. The average molecular weight is 491 g/mol. The average Bonchev–Trinajstić information content (AvgIpc) is 2.74. The number of halogens is 1. The van der Waals surface area contributed by atoms with Crippen molar-refractivity contribution in [3.8, 4) is 0 Å². The highest BCUT2D eigenvalue weighted by Crippen LogP contribution is 2.19. The van der Waals surface area contributed by atoms with Crippen molar-refractivity contribution in [2.75, 3.05) is 12.3 Å². The molecule has 1 atom stereocenters. The molecule has 6 heteroatoms. The number of unbranched alkanes of at least 4 members (excludes halogenated alkanes) is 1. The third kappa shape index (κ3) is 7.80. The zero-order valence-corrected chi connectivity index (χ0v) is 20.4. The van der Waals surface area contributed by atoms with Crippen LogP contribution in [-0.4, -0.2) is 35.1 Å². The molecule has 0 saturated heterocycles. The number of amides is 2. The Kier molecular flexibility index (Phi) is 10.4. The fourth-order valence-corrected chi connectivity index (χ4v) is 4.14. The summed E-state index contributed by atoms with van der Waals surface area (Å²) in [5, 5.41) is 2.96. The summed E-state index contributed by atoms with van der Waals surface area (Å²) in [5.74, 6) is 0.991. The van der Waals surface area contributed by atoms with Gasteiger partial charge in [-0.3, -0.25) is 9.59 Å². The van der Waals surface area contributed by atoms with Crippen LogP contribution in [0.2, 0.25) is 0 Å². The fourth-order valence-electron chi connectivity index (χ4n) is 3.01. The normalized spacial score (nSPS) is 11.7. The van der Waals surface area contributed by atoms with E-state index in [-0.39, 0.29) is 11.8 Å². The van der Waals surface area contributed by atoms with Crippen molar-refractivity contribution in [3.63, 3.8) is 0 Å². The number of carbonyl (C=O) groups excluding carboxylic acids is 2. The molecule has 0 bridgehead atoms.